The van der Waals surface area contributed by atoms with Crippen LogP contribution < -0.4 is 5.32 Å². The Morgan fingerprint density at radius 3 is 2.91 bits per heavy atom. The van der Waals surface area contributed by atoms with Gasteiger partial charge in [0, 0.05) is 6.54 Å². The molecule has 1 aromatic carbocycles. The molecule has 3 heteroatoms. The molecule has 0 radical (unpaired) electrons. The van der Waals surface area contributed by atoms with Gasteiger partial charge in [0.2, 0.25) is 5.91 Å². The fourth-order valence-corrected chi connectivity index (χ4v) is 3.73. The van der Waals surface area contributed by atoms with E-state index >= 15 is 0 Å². The van der Waals surface area contributed by atoms with Crippen LogP contribution in [0, 0.1) is 11.3 Å². The van der Waals surface area contributed by atoms with Crippen LogP contribution >= 0.6 is 0 Å². The summed E-state index contributed by atoms with van der Waals surface area (Å²) >= 11 is 0. The minimum atomic E-state index is -0.734. The standard InChI is InChI=1S/C19H23NO2/c21-14-19(12-6-10-16-9-4-5-11-17(16)19)18(22)20-13-15-7-2-1-3-8-15/h1-5,7-8,11,16,21H,6,9-10,12-14H2,(H,20,22). The van der Waals surface area contributed by atoms with E-state index in [9.17, 15) is 9.90 Å². The van der Waals surface area contributed by atoms with Crippen molar-refractivity contribution in [1.29, 1.82) is 0 Å². The molecule has 0 saturated heterocycles. The van der Waals surface area contributed by atoms with E-state index in [-0.39, 0.29) is 12.5 Å². The Morgan fingerprint density at radius 2 is 2.14 bits per heavy atom. The first-order valence-electron chi connectivity index (χ1n) is 8.06. The Hall–Kier alpha value is -1.87. The topological polar surface area (TPSA) is 49.3 Å². The van der Waals surface area contributed by atoms with Gasteiger partial charge in [0.15, 0.2) is 0 Å². The molecule has 116 valence electrons. The van der Waals surface area contributed by atoms with Crippen LogP contribution in [-0.2, 0) is 11.3 Å². The molecule has 3 rings (SSSR count). The van der Waals surface area contributed by atoms with Crippen LogP contribution in [0.3, 0.4) is 0 Å². The zero-order valence-electron chi connectivity index (χ0n) is 12.8. The Balaban J connectivity index is 1.78. The lowest BCUT2D eigenvalue weighted by molar-refractivity contribution is -0.133. The first kappa shape index (κ1) is 15.0. The van der Waals surface area contributed by atoms with Crippen LogP contribution in [0.1, 0.15) is 31.2 Å². The Labute approximate surface area is 131 Å². The Morgan fingerprint density at radius 1 is 1.32 bits per heavy atom. The van der Waals surface area contributed by atoms with Crippen molar-refractivity contribution in [3.05, 3.63) is 59.7 Å². The smallest absolute Gasteiger partial charge is 0.232 e. The predicted molar refractivity (Wildman–Crippen MR) is 87.0 cm³/mol. The second kappa shape index (κ2) is 6.49. The molecule has 2 atom stereocenters. The minimum Gasteiger partial charge on any atom is -0.395 e. The van der Waals surface area contributed by atoms with Gasteiger partial charge in [-0.2, -0.15) is 0 Å². The maximum absolute atomic E-state index is 12.8. The molecule has 1 fully saturated rings. The van der Waals surface area contributed by atoms with E-state index < -0.39 is 5.41 Å². The number of fused-ring (bicyclic) bond motifs is 1. The Bertz CT molecular complexity index is 591. The number of rotatable bonds is 4. The van der Waals surface area contributed by atoms with Crippen molar-refractivity contribution in [2.45, 2.75) is 32.2 Å². The normalized spacial score (nSPS) is 27.0. The van der Waals surface area contributed by atoms with Gasteiger partial charge >= 0.3 is 0 Å². The summed E-state index contributed by atoms with van der Waals surface area (Å²) in [6.45, 7) is 0.402. The lowest BCUT2D eigenvalue weighted by Crippen LogP contribution is -2.48. The average molecular weight is 297 g/mol. The summed E-state index contributed by atoms with van der Waals surface area (Å²) < 4.78 is 0. The highest BCUT2D eigenvalue weighted by Crippen LogP contribution is 2.46. The second-order valence-electron chi connectivity index (χ2n) is 6.28. The lowest BCUT2D eigenvalue weighted by Gasteiger charge is -2.42. The third-order valence-electron chi connectivity index (χ3n) is 4.98. The van der Waals surface area contributed by atoms with E-state index in [2.05, 4.69) is 11.4 Å². The van der Waals surface area contributed by atoms with Crippen LogP contribution in [0.2, 0.25) is 0 Å². The highest BCUT2D eigenvalue weighted by molar-refractivity contribution is 5.86. The number of aliphatic hydroxyl groups excluding tert-OH is 1. The monoisotopic (exact) mass is 297 g/mol. The maximum Gasteiger partial charge on any atom is 0.232 e. The summed E-state index contributed by atoms with van der Waals surface area (Å²) in [5.41, 5.74) is 1.46. The van der Waals surface area contributed by atoms with Crippen LogP contribution in [0.25, 0.3) is 0 Å². The molecule has 0 heterocycles. The molecule has 1 saturated carbocycles. The first-order chi connectivity index (χ1) is 10.8. The van der Waals surface area contributed by atoms with Crippen molar-refractivity contribution < 1.29 is 9.90 Å². The highest BCUT2D eigenvalue weighted by atomic mass is 16.3. The molecule has 2 aliphatic rings. The lowest BCUT2D eigenvalue weighted by atomic mass is 9.63. The van der Waals surface area contributed by atoms with Gasteiger partial charge in [0.05, 0.1) is 12.0 Å². The molecule has 0 spiro atoms. The number of carbonyl (C=O) groups excluding carboxylic acids is 1. The number of carbonyl (C=O) groups is 1. The van der Waals surface area contributed by atoms with Gasteiger partial charge in [-0.05, 0) is 36.3 Å². The van der Waals surface area contributed by atoms with E-state index in [1.165, 1.54) is 0 Å². The summed E-state index contributed by atoms with van der Waals surface area (Å²) in [5.74, 6) is 0.374. The summed E-state index contributed by atoms with van der Waals surface area (Å²) in [4.78, 5) is 12.8. The number of nitrogens with one attached hydrogen (secondary N) is 1. The fourth-order valence-electron chi connectivity index (χ4n) is 3.73. The van der Waals surface area contributed by atoms with Gasteiger partial charge in [0.1, 0.15) is 0 Å². The minimum absolute atomic E-state index is 0.0369. The third-order valence-corrected chi connectivity index (χ3v) is 4.98. The summed E-state index contributed by atoms with van der Waals surface area (Å²) in [6.07, 6.45) is 10.1. The third kappa shape index (κ3) is 2.73. The molecule has 2 unspecified atom stereocenters. The fraction of sp³-hybridized carbons (Fsp3) is 0.421. The molecular formula is C19H23NO2. The van der Waals surface area contributed by atoms with Crippen molar-refractivity contribution in [2.75, 3.05) is 6.61 Å². The van der Waals surface area contributed by atoms with Gasteiger partial charge in [-0.3, -0.25) is 4.79 Å². The number of benzene rings is 1. The van der Waals surface area contributed by atoms with Gasteiger partial charge in [-0.15, -0.1) is 0 Å². The Kier molecular flexibility index (Phi) is 4.44. The van der Waals surface area contributed by atoms with Crippen molar-refractivity contribution in [1.82, 2.24) is 5.32 Å². The van der Waals surface area contributed by atoms with Crippen LogP contribution in [0.4, 0.5) is 0 Å². The number of allylic oxidation sites excluding steroid dienone is 3. The van der Waals surface area contributed by atoms with Gasteiger partial charge < -0.3 is 10.4 Å². The molecule has 1 aromatic rings. The highest BCUT2D eigenvalue weighted by Gasteiger charge is 2.46. The van der Waals surface area contributed by atoms with Gasteiger partial charge in [-0.1, -0.05) is 55.0 Å². The van der Waals surface area contributed by atoms with Crippen LogP contribution in [0.15, 0.2) is 54.1 Å². The zero-order chi connectivity index (χ0) is 15.4. The molecular weight excluding hydrogens is 274 g/mol. The molecule has 0 aliphatic heterocycles. The molecule has 0 aromatic heterocycles. The number of amides is 1. The van der Waals surface area contributed by atoms with E-state index in [1.807, 2.05) is 42.5 Å². The quantitative estimate of drug-likeness (QED) is 0.897. The number of aliphatic hydroxyl groups is 1. The molecule has 2 N–H and O–H groups in total. The van der Waals surface area contributed by atoms with E-state index in [1.54, 1.807) is 0 Å². The van der Waals surface area contributed by atoms with E-state index in [0.717, 1.165) is 36.8 Å². The van der Waals surface area contributed by atoms with Crippen LogP contribution in [-0.4, -0.2) is 17.6 Å². The van der Waals surface area contributed by atoms with Crippen molar-refractivity contribution in [3.63, 3.8) is 0 Å². The molecule has 22 heavy (non-hydrogen) atoms. The number of hydrogen-bond acceptors (Lipinski definition) is 2. The van der Waals surface area contributed by atoms with Gasteiger partial charge in [-0.25, -0.2) is 0 Å². The van der Waals surface area contributed by atoms with E-state index in [4.69, 9.17) is 0 Å². The summed E-state index contributed by atoms with van der Waals surface area (Å²) in [6, 6.07) is 9.89. The first-order valence-corrected chi connectivity index (χ1v) is 8.06. The van der Waals surface area contributed by atoms with Crippen molar-refractivity contribution in [2.24, 2.45) is 11.3 Å². The maximum atomic E-state index is 12.8. The van der Waals surface area contributed by atoms with E-state index in [0.29, 0.717) is 12.5 Å². The molecule has 3 nitrogen and oxygen atoms in total. The second-order valence-corrected chi connectivity index (χ2v) is 6.28. The predicted octanol–water partition coefficient (Wildman–Crippen LogP) is 2.97. The van der Waals surface area contributed by atoms with Gasteiger partial charge in [0.25, 0.3) is 0 Å². The van der Waals surface area contributed by atoms with Crippen LogP contribution in [0.5, 0.6) is 0 Å². The SMILES string of the molecule is O=C(NCc1ccccc1)C1(CO)CCCC2CC=CC=C21. The molecule has 0 bridgehead atoms. The number of hydrogen-bond donors (Lipinski definition) is 2. The average Bonchev–Trinajstić information content (AvgIpc) is 2.60. The largest absolute Gasteiger partial charge is 0.395 e. The molecule has 2 aliphatic carbocycles. The molecule has 1 amide bonds. The zero-order valence-corrected chi connectivity index (χ0v) is 12.8. The summed E-state index contributed by atoms with van der Waals surface area (Å²) in [5, 5.41) is 13.1. The van der Waals surface area contributed by atoms with Crippen molar-refractivity contribution in [3.8, 4) is 0 Å². The van der Waals surface area contributed by atoms with Crippen molar-refractivity contribution >= 4 is 5.91 Å². The summed E-state index contributed by atoms with van der Waals surface area (Å²) in [7, 11) is 0.